The number of aromatic nitrogens is 1. The number of anilines is 1. The van der Waals surface area contributed by atoms with Crippen molar-refractivity contribution in [1.82, 2.24) is 10.4 Å². The van der Waals surface area contributed by atoms with Crippen LogP contribution in [0, 0.1) is 5.82 Å². The van der Waals surface area contributed by atoms with E-state index in [1.165, 1.54) is 35.6 Å². The molecule has 0 spiro atoms. The van der Waals surface area contributed by atoms with Gasteiger partial charge in [-0.25, -0.2) is 9.37 Å². The van der Waals surface area contributed by atoms with Crippen molar-refractivity contribution in [2.24, 2.45) is 0 Å². The molecule has 0 aliphatic heterocycles. The van der Waals surface area contributed by atoms with Crippen LogP contribution in [0.15, 0.2) is 42.5 Å². The van der Waals surface area contributed by atoms with Crippen LogP contribution >= 0.6 is 11.3 Å². The smallest absolute Gasteiger partial charge is 0.269 e. The number of thiazole rings is 1. The molecule has 0 radical (unpaired) electrons. The van der Waals surface area contributed by atoms with E-state index >= 15 is 0 Å². The third-order valence-corrected chi connectivity index (χ3v) is 3.99. The first-order valence-electron chi connectivity index (χ1n) is 7.01. The summed E-state index contributed by atoms with van der Waals surface area (Å²) in [5, 5.41) is 0.525. The molecular weight excluding hydrogens is 317 g/mol. The van der Waals surface area contributed by atoms with Crippen molar-refractivity contribution in [3.8, 4) is 5.75 Å². The quantitative estimate of drug-likeness (QED) is 0.701. The van der Waals surface area contributed by atoms with Crippen molar-refractivity contribution in [2.75, 3.05) is 12.0 Å². The number of carbonyl (C=O) groups is 1. The predicted molar refractivity (Wildman–Crippen MR) is 88.3 cm³/mol. The van der Waals surface area contributed by atoms with Crippen molar-refractivity contribution >= 4 is 32.6 Å². The Kier molecular flexibility index (Phi) is 4.38. The molecule has 3 rings (SSSR count). The van der Waals surface area contributed by atoms with Crippen LogP contribution < -0.4 is 15.6 Å². The van der Waals surface area contributed by atoms with Gasteiger partial charge in [-0.1, -0.05) is 23.5 Å². The number of ether oxygens (including phenoxy) is 1. The third kappa shape index (κ3) is 3.40. The molecule has 0 aliphatic carbocycles. The molecule has 0 unspecified atom stereocenters. The highest BCUT2D eigenvalue weighted by molar-refractivity contribution is 7.22. The highest BCUT2D eigenvalue weighted by Gasteiger charge is 2.10. The van der Waals surface area contributed by atoms with E-state index in [1.807, 2.05) is 25.1 Å². The van der Waals surface area contributed by atoms with E-state index in [1.54, 1.807) is 0 Å². The second-order valence-corrected chi connectivity index (χ2v) is 5.68. The number of nitrogens with zero attached hydrogens (tertiary/aromatic N) is 1. The molecule has 2 N–H and O–H groups in total. The fourth-order valence-corrected chi connectivity index (χ4v) is 2.90. The van der Waals surface area contributed by atoms with Gasteiger partial charge < -0.3 is 4.74 Å². The molecule has 1 amide bonds. The normalized spacial score (nSPS) is 10.5. The molecule has 0 saturated heterocycles. The number of carbonyl (C=O) groups excluding carboxylic acids is 1. The highest BCUT2D eigenvalue weighted by atomic mass is 32.1. The van der Waals surface area contributed by atoms with Gasteiger partial charge in [-0.2, -0.15) is 0 Å². The summed E-state index contributed by atoms with van der Waals surface area (Å²) >= 11 is 1.39. The summed E-state index contributed by atoms with van der Waals surface area (Å²) in [7, 11) is 0. The molecule has 0 saturated carbocycles. The summed E-state index contributed by atoms with van der Waals surface area (Å²) in [5.74, 6) is -0.196. The highest BCUT2D eigenvalue weighted by Crippen LogP contribution is 2.31. The zero-order valence-corrected chi connectivity index (χ0v) is 13.1. The third-order valence-electron chi connectivity index (χ3n) is 3.05. The Bertz CT molecular complexity index is 850. The molecule has 5 nitrogen and oxygen atoms in total. The van der Waals surface area contributed by atoms with Crippen molar-refractivity contribution in [3.05, 3.63) is 53.8 Å². The van der Waals surface area contributed by atoms with Crippen molar-refractivity contribution < 1.29 is 13.9 Å². The van der Waals surface area contributed by atoms with Gasteiger partial charge in [0, 0.05) is 5.56 Å². The summed E-state index contributed by atoms with van der Waals surface area (Å²) in [6.07, 6.45) is 0. The van der Waals surface area contributed by atoms with Crippen LogP contribution in [0.4, 0.5) is 9.52 Å². The second kappa shape index (κ2) is 6.62. The molecule has 1 heterocycles. The molecule has 0 bridgehead atoms. The molecule has 0 atom stereocenters. The summed E-state index contributed by atoms with van der Waals surface area (Å²) in [5.41, 5.74) is 6.23. The van der Waals surface area contributed by atoms with E-state index < -0.39 is 11.7 Å². The number of benzene rings is 2. The minimum absolute atomic E-state index is 0.230. The number of amides is 1. The SMILES string of the molecule is CCOc1cccc2sc(NNC(=O)c3cccc(F)c3)nc12. The van der Waals surface area contributed by atoms with Crippen molar-refractivity contribution in [1.29, 1.82) is 0 Å². The number of hydrazine groups is 1. The Balaban J connectivity index is 1.74. The predicted octanol–water partition coefficient (Wildman–Crippen LogP) is 3.59. The van der Waals surface area contributed by atoms with Crippen molar-refractivity contribution in [3.63, 3.8) is 0 Å². The number of nitrogens with one attached hydrogen (secondary N) is 2. The summed E-state index contributed by atoms with van der Waals surface area (Å²) in [6, 6.07) is 11.1. The molecule has 118 valence electrons. The first-order chi connectivity index (χ1) is 11.2. The maximum Gasteiger partial charge on any atom is 0.269 e. The molecule has 2 aromatic carbocycles. The van der Waals surface area contributed by atoms with Gasteiger partial charge in [0.15, 0.2) is 0 Å². The minimum atomic E-state index is -0.459. The Morgan fingerprint density at radius 3 is 2.91 bits per heavy atom. The Morgan fingerprint density at radius 2 is 2.13 bits per heavy atom. The Morgan fingerprint density at radius 1 is 1.30 bits per heavy atom. The van der Waals surface area contributed by atoms with Gasteiger partial charge in [-0.15, -0.1) is 0 Å². The van der Waals surface area contributed by atoms with E-state index in [2.05, 4.69) is 15.8 Å². The number of para-hydroxylation sites is 1. The molecule has 0 aliphatic rings. The van der Waals surface area contributed by atoms with E-state index in [9.17, 15) is 9.18 Å². The summed E-state index contributed by atoms with van der Waals surface area (Å²) < 4.78 is 19.6. The van der Waals surface area contributed by atoms with Gasteiger partial charge >= 0.3 is 0 Å². The first kappa shape index (κ1) is 15.2. The zero-order chi connectivity index (χ0) is 16.2. The molecular formula is C16H14FN3O2S. The fourth-order valence-electron chi connectivity index (χ4n) is 2.06. The maximum atomic E-state index is 13.1. The van der Waals surface area contributed by atoms with Crippen molar-refractivity contribution in [2.45, 2.75) is 6.92 Å². The van der Waals surface area contributed by atoms with Gasteiger partial charge in [0.2, 0.25) is 5.13 Å². The molecule has 0 fully saturated rings. The average Bonchev–Trinajstić information content (AvgIpc) is 2.97. The van der Waals surface area contributed by atoms with Gasteiger partial charge in [0.05, 0.1) is 11.3 Å². The standard InChI is InChI=1S/C16H14FN3O2S/c1-2-22-12-7-4-8-13-14(12)18-16(23-13)20-19-15(21)10-5-3-6-11(17)9-10/h3-9H,2H2,1H3,(H,18,20)(H,19,21). The molecule has 7 heteroatoms. The lowest BCUT2D eigenvalue weighted by Gasteiger charge is -2.05. The molecule has 3 aromatic rings. The first-order valence-corrected chi connectivity index (χ1v) is 7.83. The van der Waals surface area contributed by atoms with Crippen LogP contribution in [0.5, 0.6) is 5.75 Å². The number of halogens is 1. The summed E-state index contributed by atoms with van der Waals surface area (Å²) in [6.45, 7) is 2.46. The second-order valence-electron chi connectivity index (χ2n) is 4.64. The number of rotatable bonds is 5. The van der Waals surface area contributed by atoms with Gasteiger partial charge in [0.25, 0.3) is 5.91 Å². The van der Waals surface area contributed by atoms with E-state index in [-0.39, 0.29) is 5.56 Å². The lowest BCUT2D eigenvalue weighted by atomic mass is 10.2. The van der Waals surface area contributed by atoms with E-state index in [0.29, 0.717) is 17.5 Å². The minimum Gasteiger partial charge on any atom is -0.492 e. The van der Waals surface area contributed by atoms with Crippen LogP contribution in [-0.2, 0) is 0 Å². The lowest BCUT2D eigenvalue weighted by Crippen LogP contribution is -2.29. The zero-order valence-electron chi connectivity index (χ0n) is 12.3. The van der Waals surface area contributed by atoms with E-state index in [0.717, 1.165) is 10.2 Å². The Labute approximate surface area is 136 Å². The monoisotopic (exact) mass is 331 g/mol. The van der Waals surface area contributed by atoms with Gasteiger partial charge in [-0.05, 0) is 37.3 Å². The Hall–Kier alpha value is -2.67. The largest absolute Gasteiger partial charge is 0.492 e. The van der Waals surface area contributed by atoms with Crippen LogP contribution in [0.2, 0.25) is 0 Å². The average molecular weight is 331 g/mol. The van der Waals surface area contributed by atoms with Crippen LogP contribution in [0.25, 0.3) is 10.2 Å². The molecule has 23 heavy (non-hydrogen) atoms. The summed E-state index contributed by atoms with van der Waals surface area (Å²) in [4.78, 5) is 16.4. The fraction of sp³-hybridized carbons (Fsp3) is 0.125. The molecule has 1 aromatic heterocycles. The van der Waals surface area contributed by atoms with Crippen LogP contribution in [0.3, 0.4) is 0 Å². The number of hydrogen-bond donors (Lipinski definition) is 2. The lowest BCUT2D eigenvalue weighted by molar-refractivity contribution is 0.0962. The topological polar surface area (TPSA) is 63.2 Å². The van der Waals surface area contributed by atoms with Gasteiger partial charge in [-0.3, -0.25) is 15.6 Å². The van der Waals surface area contributed by atoms with Crippen LogP contribution in [0.1, 0.15) is 17.3 Å². The van der Waals surface area contributed by atoms with Gasteiger partial charge in [0.1, 0.15) is 17.1 Å². The number of fused-ring (bicyclic) bond motifs is 1. The van der Waals surface area contributed by atoms with Crippen LogP contribution in [-0.4, -0.2) is 17.5 Å². The number of hydrogen-bond acceptors (Lipinski definition) is 5. The van der Waals surface area contributed by atoms with E-state index in [4.69, 9.17) is 4.74 Å². The maximum absolute atomic E-state index is 13.1.